The first-order valence-corrected chi connectivity index (χ1v) is 7.50. The number of hydrogen-bond donors (Lipinski definition) is 3. The second-order valence-corrected chi connectivity index (χ2v) is 5.35. The Morgan fingerprint density at radius 1 is 1.16 bits per heavy atom. The highest BCUT2D eigenvalue weighted by atomic mass is 16.5. The van der Waals surface area contributed by atoms with Crippen molar-refractivity contribution in [2.45, 2.75) is 13.3 Å². The Balaban J connectivity index is 2.02. The van der Waals surface area contributed by atoms with Crippen molar-refractivity contribution >= 4 is 12.1 Å². The van der Waals surface area contributed by atoms with Crippen LogP contribution in [-0.4, -0.2) is 36.6 Å². The molecule has 2 aromatic carbocycles. The topological polar surface area (TPSA) is 100 Å². The van der Waals surface area contributed by atoms with Gasteiger partial charge in [-0.3, -0.25) is 4.79 Å². The molecule has 2 rings (SSSR count). The van der Waals surface area contributed by atoms with Crippen LogP contribution < -0.4 is 14.9 Å². The predicted octanol–water partition coefficient (Wildman–Crippen LogP) is 2.12. The minimum atomic E-state index is -0.320. The lowest BCUT2D eigenvalue weighted by atomic mass is 10.1. The summed E-state index contributed by atoms with van der Waals surface area (Å²) in [5, 5.41) is 23.0. The Labute approximate surface area is 145 Å². The van der Waals surface area contributed by atoms with Crippen LogP contribution >= 0.6 is 0 Å². The van der Waals surface area contributed by atoms with Crippen LogP contribution in [0.1, 0.15) is 16.7 Å². The average molecular weight is 344 g/mol. The normalized spacial score (nSPS) is 10.7. The minimum absolute atomic E-state index is 0.0374. The van der Waals surface area contributed by atoms with E-state index in [0.29, 0.717) is 22.6 Å². The molecule has 0 spiro atoms. The molecule has 0 saturated carbocycles. The number of hydrogen-bond acceptors (Lipinski definition) is 6. The molecule has 25 heavy (non-hydrogen) atoms. The van der Waals surface area contributed by atoms with Crippen molar-refractivity contribution in [2.75, 3.05) is 14.2 Å². The molecule has 0 atom stereocenters. The Bertz CT molecular complexity index is 779. The third-order valence-corrected chi connectivity index (χ3v) is 3.55. The maximum Gasteiger partial charge on any atom is 0.244 e. The molecule has 0 unspecified atom stereocenters. The van der Waals surface area contributed by atoms with Gasteiger partial charge in [-0.15, -0.1) is 0 Å². The molecule has 0 saturated heterocycles. The summed E-state index contributed by atoms with van der Waals surface area (Å²) in [6, 6.07) is 7.91. The van der Waals surface area contributed by atoms with Gasteiger partial charge in [0.15, 0.2) is 11.5 Å². The summed E-state index contributed by atoms with van der Waals surface area (Å²) in [5.41, 5.74) is 4.20. The highest BCUT2D eigenvalue weighted by Crippen LogP contribution is 2.27. The van der Waals surface area contributed by atoms with Crippen molar-refractivity contribution in [3.05, 3.63) is 47.0 Å². The van der Waals surface area contributed by atoms with E-state index in [1.54, 1.807) is 32.2 Å². The molecule has 3 N–H and O–H groups in total. The molecule has 0 aliphatic carbocycles. The number of aromatic hydroxyl groups is 2. The van der Waals surface area contributed by atoms with Gasteiger partial charge in [0.25, 0.3) is 0 Å². The largest absolute Gasteiger partial charge is 0.508 e. The fraction of sp³-hybridized carbons (Fsp3) is 0.222. The van der Waals surface area contributed by atoms with Gasteiger partial charge >= 0.3 is 0 Å². The van der Waals surface area contributed by atoms with Crippen LogP contribution in [0.4, 0.5) is 0 Å². The molecule has 0 bridgehead atoms. The molecule has 0 aromatic heterocycles. The third-order valence-electron chi connectivity index (χ3n) is 3.55. The molecule has 1 amide bonds. The van der Waals surface area contributed by atoms with Crippen LogP contribution in [-0.2, 0) is 11.2 Å². The first kappa shape index (κ1) is 18.1. The number of amides is 1. The second-order valence-electron chi connectivity index (χ2n) is 5.35. The minimum Gasteiger partial charge on any atom is -0.508 e. The Hall–Kier alpha value is -3.22. The van der Waals surface area contributed by atoms with Gasteiger partial charge in [0.05, 0.1) is 26.9 Å². The number of ether oxygens (including phenoxy) is 2. The van der Waals surface area contributed by atoms with Crippen LogP contribution in [0.25, 0.3) is 0 Å². The van der Waals surface area contributed by atoms with E-state index in [1.165, 1.54) is 25.5 Å². The Morgan fingerprint density at radius 2 is 1.88 bits per heavy atom. The van der Waals surface area contributed by atoms with Gasteiger partial charge in [-0.1, -0.05) is 6.07 Å². The fourth-order valence-corrected chi connectivity index (χ4v) is 2.31. The van der Waals surface area contributed by atoms with Crippen LogP contribution in [0.3, 0.4) is 0 Å². The van der Waals surface area contributed by atoms with E-state index in [1.807, 2.05) is 0 Å². The van der Waals surface area contributed by atoms with E-state index >= 15 is 0 Å². The highest BCUT2D eigenvalue weighted by Gasteiger charge is 2.08. The Kier molecular flexibility index (Phi) is 5.84. The zero-order valence-electron chi connectivity index (χ0n) is 14.2. The van der Waals surface area contributed by atoms with E-state index < -0.39 is 0 Å². The number of hydrazone groups is 1. The van der Waals surface area contributed by atoms with Gasteiger partial charge in [0.1, 0.15) is 11.5 Å². The SMILES string of the molecule is COc1ccc(CC(=O)NN=Cc2c(C)cc(O)cc2O)cc1OC. The summed E-state index contributed by atoms with van der Waals surface area (Å²) in [4.78, 5) is 12.0. The number of nitrogens with zero attached hydrogens (tertiary/aromatic N) is 1. The summed E-state index contributed by atoms with van der Waals surface area (Å²) in [6.45, 7) is 1.71. The van der Waals surface area contributed by atoms with E-state index in [9.17, 15) is 15.0 Å². The first-order chi connectivity index (χ1) is 11.9. The summed E-state index contributed by atoms with van der Waals surface area (Å²) < 4.78 is 10.3. The molecule has 0 heterocycles. The molecule has 0 radical (unpaired) electrons. The number of carbonyl (C=O) groups is 1. The van der Waals surface area contributed by atoms with Gasteiger partial charge in [0.2, 0.25) is 5.91 Å². The second kappa shape index (κ2) is 8.05. The van der Waals surface area contributed by atoms with Crippen molar-refractivity contribution in [2.24, 2.45) is 5.10 Å². The molecule has 7 heteroatoms. The van der Waals surface area contributed by atoms with Crippen molar-refractivity contribution in [1.29, 1.82) is 0 Å². The van der Waals surface area contributed by atoms with Crippen LogP contribution in [0.15, 0.2) is 35.4 Å². The molecule has 0 aliphatic rings. The van der Waals surface area contributed by atoms with E-state index in [-0.39, 0.29) is 23.8 Å². The third kappa shape index (κ3) is 4.63. The van der Waals surface area contributed by atoms with Gasteiger partial charge in [0, 0.05) is 11.6 Å². The summed E-state index contributed by atoms with van der Waals surface area (Å²) >= 11 is 0. The fourth-order valence-electron chi connectivity index (χ4n) is 2.31. The number of benzene rings is 2. The lowest BCUT2D eigenvalue weighted by Crippen LogP contribution is -2.19. The lowest BCUT2D eigenvalue weighted by Gasteiger charge is -2.09. The maximum absolute atomic E-state index is 12.0. The molecule has 0 fully saturated rings. The predicted molar refractivity (Wildman–Crippen MR) is 93.5 cm³/mol. The number of rotatable bonds is 6. The number of methoxy groups -OCH3 is 2. The molecule has 2 aromatic rings. The van der Waals surface area contributed by atoms with Gasteiger partial charge < -0.3 is 19.7 Å². The number of aryl methyl sites for hydroxylation is 1. The molecular formula is C18H20N2O5. The zero-order valence-corrected chi connectivity index (χ0v) is 14.2. The van der Waals surface area contributed by atoms with Crippen molar-refractivity contribution in [3.63, 3.8) is 0 Å². The summed E-state index contributed by atoms with van der Waals surface area (Å²) in [7, 11) is 3.07. The smallest absolute Gasteiger partial charge is 0.244 e. The average Bonchev–Trinajstić information content (AvgIpc) is 2.57. The zero-order chi connectivity index (χ0) is 18.4. The molecule has 0 aliphatic heterocycles. The van der Waals surface area contributed by atoms with E-state index in [4.69, 9.17) is 9.47 Å². The van der Waals surface area contributed by atoms with E-state index in [0.717, 1.165) is 5.56 Å². The molecular weight excluding hydrogens is 324 g/mol. The first-order valence-electron chi connectivity index (χ1n) is 7.50. The number of nitrogens with one attached hydrogen (secondary N) is 1. The van der Waals surface area contributed by atoms with Crippen LogP contribution in [0.2, 0.25) is 0 Å². The standard InChI is InChI=1S/C18H20N2O5/c1-11-6-13(21)9-15(22)14(11)10-19-20-18(23)8-12-4-5-16(24-2)17(7-12)25-3/h4-7,9-10,21-22H,8H2,1-3H3,(H,20,23). The quantitative estimate of drug-likeness (QED) is 0.550. The lowest BCUT2D eigenvalue weighted by molar-refractivity contribution is -0.120. The monoisotopic (exact) mass is 344 g/mol. The van der Waals surface area contributed by atoms with Crippen LogP contribution in [0, 0.1) is 6.92 Å². The van der Waals surface area contributed by atoms with Gasteiger partial charge in [-0.2, -0.15) is 5.10 Å². The number of carbonyl (C=O) groups excluding carboxylic acids is 1. The molecule has 132 valence electrons. The van der Waals surface area contributed by atoms with E-state index in [2.05, 4.69) is 10.5 Å². The Morgan fingerprint density at radius 3 is 2.52 bits per heavy atom. The van der Waals surface area contributed by atoms with Gasteiger partial charge in [-0.05, 0) is 36.2 Å². The summed E-state index contributed by atoms with van der Waals surface area (Å²) in [5.74, 6) is 0.656. The number of phenols is 2. The number of phenolic OH excluding ortho intramolecular Hbond substituents is 2. The highest BCUT2D eigenvalue weighted by molar-refractivity contribution is 5.87. The maximum atomic E-state index is 12.0. The molecule has 7 nitrogen and oxygen atoms in total. The van der Waals surface area contributed by atoms with Crippen molar-refractivity contribution < 1.29 is 24.5 Å². The van der Waals surface area contributed by atoms with Crippen molar-refractivity contribution in [3.8, 4) is 23.0 Å². The van der Waals surface area contributed by atoms with Crippen molar-refractivity contribution in [1.82, 2.24) is 5.43 Å². The summed E-state index contributed by atoms with van der Waals surface area (Å²) in [6.07, 6.45) is 1.44. The van der Waals surface area contributed by atoms with Gasteiger partial charge in [-0.25, -0.2) is 5.43 Å². The van der Waals surface area contributed by atoms with Crippen LogP contribution in [0.5, 0.6) is 23.0 Å².